The van der Waals surface area contributed by atoms with Crippen molar-refractivity contribution in [3.05, 3.63) is 58.7 Å². The fourth-order valence-corrected chi connectivity index (χ4v) is 4.77. The van der Waals surface area contributed by atoms with Gasteiger partial charge in [0.15, 0.2) is 0 Å². The smallest absolute Gasteiger partial charge is 0.336 e. The molecule has 3 aromatic rings. The Hall–Kier alpha value is -2.45. The lowest BCUT2D eigenvalue weighted by Gasteiger charge is -2.30. The Balaban J connectivity index is 1.57. The number of H-pyrrole nitrogens is 1. The number of aromatic nitrogens is 2. The van der Waals surface area contributed by atoms with Crippen molar-refractivity contribution in [3.63, 3.8) is 0 Å². The Morgan fingerprint density at radius 1 is 1.12 bits per heavy atom. The van der Waals surface area contributed by atoms with Crippen molar-refractivity contribution in [3.8, 4) is 0 Å². The summed E-state index contributed by atoms with van der Waals surface area (Å²) in [7, 11) is -3.57. The maximum atomic E-state index is 12.9. The van der Waals surface area contributed by atoms with E-state index in [1.54, 1.807) is 18.3 Å². The number of nitrogens with one attached hydrogen (secondary N) is 1. The number of aromatic amines is 1. The molecule has 1 saturated heterocycles. The summed E-state index contributed by atoms with van der Waals surface area (Å²) in [5.41, 5.74) is 0.978. The topological polar surface area (TPSA) is 96.3 Å². The maximum Gasteiger partial charge on any atom is 0.336 e. The summed E-state index contributed by atoms with van der Waals surface area (Å²) in [6, 6.07) is 9.36. The van der Waals surface area contributed by atoms with Gasteiger partial charge < -0.3 is 4.42 Å². The van der Waals surface area contributed by atoms with E-state index in [1.165, 1.54) is 22.5 Å². The van der Waals surface area contributed by atoms with Crippen molar-refractivity contribution in [2.45, 2.75) is 23.7 Å². The largest absolute Gasteiger partial charge is 0.423 e. The minimum atomic E-state index is -3.57. The molecule has 0 spiro atoms. The van der Waals surface area contributed by atoms with Crippen LogP contribution in [0.3, 0.4) is 0 Å². The van der Waals surface area contributed by atoms with Gasteiger partial charge in [0.1, 0.15) is 5.58 Å². The Morgan fingerprint density at radius 2 is 1.92 bits per heavy atom. The predicted molar refractivity (Wildman–Crippen MR) is 91.8 cm³/mol. The van der Waals surface area contributed by atoms with Crippen LogP contribution in [0.2, 0.25) is 0 Å². The van der Waals surface area contributed by atoms with Gasteiger partial charge in [0.25, 0.3) is 0 Å². The zero-order chi connectivity index (χ0) is 17.4. The number of hydrogen-bond acceptors (Lipinski definition) is 5. The molecule has 0 unspecified atom stereocenters. The molecule has 3 heterocycles. The summed E-state index contributed by atoms with van der Waals surface area (Å²) in [5.74, 6) is 0.305. The molecule has 4 rings (SSSR count). The average molecular weight is 359 g/mol. The Labute approximate surface area is 144 Å². The SMILES string of the molecule is O=c1ccc2cc(S(=O)(=O)N3CCC(c4ccn[nH]4)CC3)ccc2o1. The minimum absolute atomic E-state index is 0.217. The third-order valence-electron chi connectivity index (χ3n) is 4.64. The van der Waals surface area contributed by atoms with Crippen molar-refractivity contribution in [2.75, 3.05) is 13.1 Å². The van der Waals surface area contributed by atoms with Gasteiger partial charge in [-0.1, -0.05) is 0 Å². The first-order valence-electron chi connectivity index (χ1n) is 8.07. The quantitative estimate of drug-likeness (QED) is 0.722. The summed E-state index contributed by atoms with van der Waals surface area (Å²) in [5, 5.41) is 7.51. The van der Waals surface area contributed by atoms with Gasteiger partial charge in [-0.15, -0.1) is 0 Å². The van der Waals surface area contributed by atoms with Gasteiger partial charge in [-0.3, -0.25) is 5.10 Å². The number of benzene rings is 1. The maximum absolute atomic E-state index is 12.9. The fraction of sp³-hybridized carbons (Fsp3) is 0.294. The lowest BCUT2D eigenvalue weighted by Crippen LogP contribution is -2.37. The van der Waals surface area contributed by atoms with E-state index >= 15 is 0 Å². The lowest BCUT2D eigenvalue weighted by atomic mass is 9.95. The summed E-state index contributed by atoms with van der Waals surface area (Å²) in [6.07, 6.45) is 3.22. The zero-order valence-electron chi connectivity index (χ0n) is 13.4. The van der Waals surface area contributed by atoms with Crippen molar-refractivity contribution in [1.82, 2.24) is 14.5 Å². The molecule has 7 nitrogen and oxygen atoms in total. The predicted octanol–water partition coefficient (Wildman–Crippen LogP) is 2.08. The Bertz CT molecular complexity index is 1050. The normalized spacial score (nSPS) is 17.1. The molecule has 0 atom stereocenters. The molecule has 0 radical (unpaired) electrons. The summed E-state index contributed by atoms with van der Waals surface area (Å²) in [6.45, 7) is 0.932. The first-order chi connectivity index (χ1) is 12.0. The van der Waals surface area contributed by atoms with Crippen molar-refractivity contribution in [1.29, 1.82) is 0 Å². The first kappa shape index (κ1) is 16.0. The average Bonchev–Trinajstić information content (AvgIpc) is 3.16. The Kier molecular flexibility index (Phi) is 3.93. The van der Waals surface area contributed by atoms with Crippen LogP contribution in [-0.2, 0) is 10.0 Å². The molecular weight excluding hydrogens is 342 g/mol. The highest BCUT2D eigenvalue weighted by Gasteiger charge is 2.30. The molecule has 1 N–H and O–H groups in total. The van der Waals surface area contributed by atoms with Gasteiger partial charge in [0.2, 0.25) is 10.0 Å². The molecule has 1 fully saturated rings. The van der Waals surface area contributed by atoms with Gasteiger partial charge in [-0.05, 0) is 43.2 Å². The van der Waals surface area contributed by atoms with E-state index in [0.717, 1.165) is 18.5 Å². The van der Waals surface area contributed by atoms with Crippen LogP contribution in [0.25, 0.3) is 11.0 Å². The molecule has 0 bridgehead atoms. The second kappa shape index (κ2) is 6.12. The van der Waals surface area contributed by atoms with Crippen LogP contribution >= 0.6 is 0 Å². The van der Waals surface area contributed by atoms with Gasteiger partial charge >= 0.3 is 5.63 Å². The van der Waals surface area contributed by atoms with E-state index in [1.807, 2.05) is 6.07 Å². The van der Waals surface area contributed by atoms with E-state index in [-0.39, 0.29) is 4.90 Å². The molecule has 8 heteroatoms. The number of fused-ring (bicyclic) bond motifs is 1. The minimum Gasteiger partial charge on any atom is -0.423 e. The van der Waals surface area contributed by atoms with Crippen LogP contribution in [0.4, 0.5) is 0 Å². The monoisotopic (exact) mass is 359 g/mol. The number of rotatable bonds is 3. The van der Waals surface area contributed by atoms with Crippen LogP contribution in [0.5, 0.6) is 0 Å². The number of hydrogen-bond donors (Lipinski definition) is 1. The second-order valence-electron chi connectivity index (χ2n) is 6.14. The molecule has 1 aliphatic rings. The van der Waals surface area contributed by atoms with E-state index < -0.39 is 15.6 Å². The van der Waals surface area contributed by atoms with Crippen molar-refractivity contribution < 1.29 is 12.8 Å². The number of nitrogens with zero attached hydrogens (tertiary/aromatic N) is 2. The van der Waals surface area contributed by atoms with Crippen LogP contribution in [0, 0.1) is 0 Å². The van der Waals surface area contributed by atoms with Crippen LogP contribution in [0.15, 0.2) is 56.7 Å². The molecule has 130 valence electrons. The second-order valence-corrected chi connectivity index (χ2v) is 8.08. The third kappa shape index (κ3) is 2.98. The molecule has 2 aromatic heterocycles. The fourth-order valence-electron chi connectivity index (χ4n) is 3.26. The molecular formula is C17H17N3O4S. The third-order valence-corrected chi connectivity index (χ3v) is 6.54. The van der Waals surface area contributed by atoms with Gasteiger partial charge in [-0.2, -0.15) is 9.40 Å². The standard InChI is InChI=1S/C17H17N3O4S/c21-17-4-1-13-11-14(2-3-16(13)24-17)25(22,23)20-9-6-12(7-10-20)15-5-8-18-19-15/h1-5,8,11-12H,6-7,9-10H2,(H,18,19). The molecule has 0 amide bonds. The van der Waals surface area contributed by atoms with E-state index in [2.05, 4.69) is 10.2 Å². The summed E-state index contributed by atoms with van der Waals surface area (Å²) in [4.78, 5) is 11.5. The van der Waals surface area contributed by atoms with E-state index in [0.29, 0.717) is 30.0 Å². The van der Waals surface area contributed by atoms with Crippen LogP contribution in [0.1, 0.15) is 24.5 Å². The van der Waals surface area contributed by atoms with Gasteiger partial charge in [-0.25, -0.2) is 13.2 Å². The van der Waals surface area contributed by atoms with Gasteiger partial charge in [0, 0.05) is 42.4 Å². The summed E-state index contributed by atoms with van der Waals surface area (Å²) >= 11 is 0. The lowest BCUT2D eigenvalue weighted by molar-refractivity contribution is 0.316. The van der Waals surface area contributed by atoms with Gasteiger partial charge in [0.05, 0.1) is 4.90 Å². The van der Waals surface area contributed by atoms with Crippen molar-refractivity contribution >= 4 is 21.0 Å². The molecule has 1 aromatic carbocycles. The molecule has 25 heavy (non-hydrogen) atoms. The molecule has 0 aliphatic carbocycles. The Morgan fingerprint density at radius 3 is 2.64 bits per heavy atom. The highest BCUT2D eigenvalue weighted by molar-refractivity contribution is 7.89. The van der Waals surface area contributed by atoms with Crippen LogP contribution in [-0.4, -0.2) is 36.0 Å². The van der Waals surface area contributed by atoms with Crippen LogP contribution < -0.4 is 5.63 Å². The number of piperidine rings is 1. The molecule has 1 aliphatic heterocycles. The highest BCUT2D eigenvalue weighted by atomic mass is 32.2. The first-order valence-corrected chi connectivity index (χ1v) is 9.51. The number of sulfonamides is 1. The zero-order valence-corrected chi connectivity index (χ0v) is 14.2. The molecule has 0 saturated carbocycles. The summed E-state index contributed by atoms with van der Waals surface area (Å²) < 4.78 is 32.4. The highest BCUT2D eigenvalue weighted by Crippen LogP contribution is 2.30. The van der Waals surface area contributed by atoms with E-state index in [4.69, 9.17) is 4.42 Å². The van der Waals surface area contributed by atoms with Crippen molar-refractivity contribution in [2.24, 2.45) is 0 Å². The van der Waals surface area contributed by atoms with E-state index in [9.17, 15) is 13.2 Å².